The van der Waals surface area contributed by atoms with Crippen LogP contribution in [0.1, 0.15) is 11.3 Å². The number of pyridine rings is 1. The maximum Gasteiger partial charge on any atom is 0.177 e. The molecule has 5 rings (SSSR count). The fraction of sp³-hybridized carbons (Fsp3) is 0.0385. The SMILES string of the molecule is C=C(/C=C(\O)c1cc2c(-c3c[nH]c4ncccc34)ccc(OC)c2o1)c1ccccc1. The number of aromatic nitrogens is 2. The molecule has 3 heterocycles. The summed E-state index contributed by atoms with van der Waals surface area (Å²) in [7, 11) is 1.60. The van der Waals surface area contributed by atoms with Crippen LogP contribution in [0.15, 0.2) is 90.1 Å². The standard InChI is InChI=1S/C26H20N2O3/c1-16(17-7-4-3-5-8-17)13-22(29)24-14-20-18(10-11-23(30-2)25(20)31-24)21-15-28-26-19(21)9-6-12-27-26/h3-15,29H,1H2,2H3,(H,27,28)/b22-13-. The Morgan fingerprint density at radius 3 is 2.71 bits per heavy atom. The van der Waals surface area contributed by atoms with Crippen molar-refractivity contribution in [3.8, 4) is 16.9 Å². The molecule has 0 amide bonds. The van der Waals surface area contributed by atoms with Crippen LogP contribution in [0.25, 0.3) is 44.5 Å². The van der Waals surface area contributed by atoms with Gasteiger partial charge in [0.2, 0.25) is 0 Å². The molecule has 152 valence electrons. The Balaban J connectivity index is 1.64. The number of furan rings is 1. The number of hydrogen-bond donors (Lipinski definition) is 2. The molecule has 0 bridgehead atoms. The smallest absolute Gasteiger partial charge is 0.177 e. The fourth-order valence-electron chi connectivity index (χ4n) is 3.77. The van der Waals surface area contributed by atoms with Crippen LogP contribution in [0.3, 0.4) is 0 Å². The highest BCUT2D eigenvalue weighted by Gasteiger charge is 2.18. The number of methoxy groups -OCH3 is 1. The number of rotatable bonds is 5. The number of benzene rings is 2. The Kier molecular flexibility index (Phi) is 4.56. The van der Waals surface area contributed by atoms with Gasteiger partial charge in [0.05, 0.1) is 7.11 Å². The quantitative estimate of drug-likeness (QED) is 0.254. The van der Waals surface area contributed by atoms with Gasteiger partial charge in [-0.2, -0.15) is 0 Å². The van der Waals surface area contributed by atoms with Crippen LogP contribution >= 0.6 is 0 Å². The molecule has 0 spiro atoms. The van der Waals surface area contributed by atoms with Crippen LogP contribution in [-0.2, 0) is 0 Å². The Morgan fingerprint density at radius 1 is 1.06 bits per heavy atom. The zero-order valence-corrected chi connectivity index (χ0v) is 16.9. The van der Waals surface area contributed by atoms with Crippen molar-refractivity contribution in [3.05, 3.63) is 97.0 Å². The predicted octanol–water partition coefficient (Wildman–Crippen LogP) is 6.60. The van der Waals surface area contributed by atoms with Crippen LogP contribution in [0.2, 0.25) is 0 Å². The maximum absolute atomic E-state index is 10.8. The molecule has 0 fully saturated rings. The molecule has 0 saturated carbocycles. The van der Waals surface area contributed by atoms with Crippen LogP contribution < -0.4 is 4.74 Å². The topological polar surface area (TPSA) is 71.3 Å². The lowest BCUT2D eigenvalue weighted by Crippen LogP contribution is -1.85. The summed E-state index contributed by atoms with van der Waals surface area (Å²) in [5.41, 5.74) is 4.95. The van der Waals surface area contributed by atoms with E-state index < -0.39 is 0 Å². The molecular formula is C26H20N2O3. The second-order valence-corrected chi connectivity index (χ2v) is 7.19. The lowest BCUT2D eigenvalue weighted by molar-refractivity contribution is 0.407. The Bertz CT molecular complexity index is 1440. The Labute approximate surface area is 178 Å². The van der Waals surface area contributed by atoms with E-state index >= 15 is 0 Å². The highest BCUT2D eigenvalue weighted by molar-refractivity contribution is 6.05. The summed E-state index contributed by atoms with van der Waals surface area (Å²) in [5.74, 6) is 0.937. The largest absolute Gasteiger partial charge is 0.504 e. The molecule has 0 unspecified atom stereocenters. The van der Waals surface area contributed by atoms with Gasteiger partial charge in [0.15, 0.2) is 22.9 Å². The number of aromatic amines is 1. The number of hydrogen-bond acceptors (Lipinski definition) is 4. The zero-order chi connectivity index (χ0) is 21.4. The summed E-state index contributed by atoms with van der Waals surface area (Å²) in [6, 6.07) is 19.3. The third kappa shape index (κ3) is 3.26. The monoisotopic (exact) mass is 408 g/mol. The summed E-state index contributed by atoms with van der Waals surface area (Å²) in [6.45, 7) is 4.06. The summed E-state index contributed by atoms with van der Waals surface area (Å²) in [5, 5.41) is 12.6. The fourth-order valence-corrected chi connectivity index (χ4v) is 3.77. The van der Waals surface area contributed by atoms with Crippen molar-refractivity contribution in [1.82, 2.24) is 9.97 Å². The van der Waals surface area contributed by atoms with Crippen molar-refractivity contribution in [2.24, 2.45) is 0 Å². The number of aliphatic hydroxyl groups is 1. The molecule has 5 heteroatoms. The minimum Gasteiger partial charge on any atom is -0.504 e. The van der Waals surface area contributed by atoms with Crippen LogP contribution in [0.5, 0.6) is 5.75 Å². The van der Waals surface area contributed by atoms with Gasteiger partial charge in [-0.05, 0) is 53.1 Å². The molecule has 5 nitrogen and oxygen atoms in total. The van der Waals surface area contributed by atoms with Crippen molar-refractivity contribution in [1.29, 1.82) is 0 Å². The van der Waals surface area contributed by atoms with E-state index in [2.05, 4.69) is 16.5 Å². The van der Waals surface area contributed by atoms with E-state index in [9.17, 15) is 5.11 Å². The predicted molar refractivity (Wildman–Crippen MR) is 124 cm³/mol. The lowest BCUT2D eigenvalue weighted by Gasteiger charge is -2.05. The molecule has 31 heavy (non-hydrogen) atoms. The Morgan fingerprint density at radius 2 is 1.90 bits per heavy atom. The van der Waals surface area contributed by atoms with E-state index in [1.165, 1.54) is 0 Å². The van der Waals surface area contributed by atoms with Crippen LogP contribution in [-0.4, -0.2) is 22.2 Å². The average molecular weight is 408 g/mol. The first kappa shape index (κ1) is 18.8. The van der Waals surface area contributed by atoms with E-state index in [-0.39, 0.29) is 5.76 Å². The van der Waals surface area contributed by atoms with Gasteiger partial charge < -0.3 is 19.2 Å². The van der Waals surface area contributed by atoms with E-state index in [0.29, 0.717) is 22.7 Å². The van der Waals surface area contributed by atoms with Gasteiger partial charge in [0.25, 0.3) is 0 Å². The van der Waals surface area contributed by atoms with Crippen molar-refractivity contribution >= 4 is 33.3 Å². The van der Waals surface area contributed by atoms with E-state index in [1.807, 2.05) is 66.9 Å². The lowest BCUT2D eigenvalue weighted by atomic mass is 10.0. The molecule has 0 aliphatic carbocycles. The number of nitrogens with one attached hydrogen (secondary N) is 1. The van der Waals surface area contributed by atoms with E-state index in [4.69, 9.17) is 9.15 Å². The number of allylic oxidation sites excluding steroid dienone is 2. The van der Waals surface area contributed by atoms with Gasteiger partial charge in [-0.3, -0.25) is 0 Å². The second kappa shape index (κ2) is 7.54. The first-order valence-corrected chi connectivity index (χ1v) is 9.84. The minimum atomic E-state index is -0.00125. The number of nitrogens with zero attached hydrogens (tertiary/aromatic N) is 1. The van der Waals surface area contributed by atoms with E-state index in [1.54, 1.807) is 19.4 Å². The molecule has 2 N–H and O–H groups in total. The van der Waals surface area contributed by atoms with Gasteiger partial charge >= 0.3 is 0 Å². The highest BCUT2D eigenvalue weighted by atomic mass is 16.5. The molecule has 0 aliphatic rings. The third-order valence-corrected chi connectivity index (χ3v) is 5.32. The van der Waals surface area contributed by atoms with Gasteiger partial charge in [-0.25, -0.2) is 4.98 Å². The second-order valence-electron chi connectivity index (χ2n) is 7.19. The molecule has 0 aliphatic heterocycles. The van der Waals surface area contributed by atoms with Crippen molar-refractivity contribution in [2.45, 2.75) is 0 Å². The molecule has 2 aromatic carbocycles. The Hall–Kier alpha value is -4.25. The average Bonchev–Trinajstić information content (AvgIpc) is 3.44. The third-order valence-electron chi connectivity index (χ3n) is 5.32. The molecule has 0 radical (unpaired) electrons. The molecular weight excluding hydrogens is 388 g/mol. The van der Waals surface area contributed by atoms with Gasteiger partial charge in [-0.15, -0.1) is 0 Å². The summed E-state index contributed by atoms with van der Waals surface area (Å²) < 4.78 is 11.5. The minimum absolute atomic E-state index is 0.00125. The van der Waals surface area contributed by atoms with Crippen molar-refractivity contribution < 1.29 is 14.3 Å². The van der Waals surface area contributed by atoms with Crippen LogP contribution in [0.4, 0.5) is 0 Å². The molecule has 0 atom stereocenters. The van der Waals surface area contributed by atoms with Crippen molar-refractivity contribution in [3.63, 3.8) is 0 Å². The summed E-state index contributed by atoms with van der Waals surface area (Å²) in [4.78, 5) is 7.58. The number of H-pyrrole nitrogens is 1. The first-order chi connectivity index (χ1) is 15.2. The highest BCUT2D eigenvalue weighted by Crippen LogP contribution is 2.40. The molecule has 5 aromatic rings. The summed E-state index contributed by atoms with van der Waals surface area (Å²) in [6.07, 6.45) is 5.29. The maximum atomic E-state index is 10.8. The van der Waals surface area contributed by atoms with Gasteiger partial charge in [0, 0.05) is 28.7 Å². The number of aliphatic hydroxyl groups excluding tert-OH is 1. The zero-order valence-electron chi connectivity index (χ0n) is 16.9. The first-order valence-electron chi connectivity index (χ1n) is 9.84. The van der Waals surface area contributed by atoms with E-state index in [0.717, 1.165) is 33.1 Å². The van der Waals surface area contributed by atoms with Crippen molar-refractivity contribution in [2.75, 3.05) is 7.11 Å². The number of ether oxygens (including phenoxy) is 1. The summed E-state index contributed by atoms with van der Waals surface area (Å²) >= 11 is 0. The molecule has 0 saturated heterocycles. The van der Waals surface area contributed by atoms with Crippen LogP contribution in [0, 0.1) is 0 Å². The van der Waals surface area contributed by atoms with Gasteiger partial charge in [-0.1, -0.05) is 36.9 Å². The van der Waals surface area contributed by atoms with Gasteiger partial charge in [0.1, 0.15) is 5.65 Å². The molecule has 3 aromatic heterocycles. The normalized spacial score (nSPS) is 11.8. The number of fused-ring (bicyclic) bond motifs is 2.